The molecule has 7 heteroatoms. The molecular formula is C25H34IN5O. The molecule has 32 heavy (non-hydrogen) atoms. The van der Waals surface area contributed by atoms with E-state index in [9.17, 15) is 4.79 Å². The van der Waals surface area contributed by atoms with Gasteiger partial charge in [-0.15, -0.1) is 24.0 Å². The molecule has 0 unspecified atom stereocenters. The normalized spacial score (nSPS) is 17.4. The lowest BCUT2D eigenvalue weighted by molar-refractivity contribution is -0.128. The quantitative estimate of drug-likeness (QED) is 0.343. The Labute approximate surface area is 208 Å². The highest BCUT2D eigenvalue weighted by atomic mass is 127. The molecule has 2 aromatic carbocycles. The molecule has 4 rings (SSSR count). The summed E-state index contributed by atoms with van der Waals surface area (Å²) in [5.74, 6) is 1.23. The minimum Gasteiger partial charge on any atom is -0.352 e. The molecule has 0 radical (unpaired) electrons. The van der Waals surface area contributed by atoms with Crippen LogP contribution in [0.4, 0.5) is 0 Å². The van der Waals surface area contributed by atoms with Crippen molar-refractivity contribution in [3.05, 3.63) is 71.3 Å². The van der Waals surface area contributed by atoms with Crippen molar-refractivity contribution in [1.82, 2.24) is 20.0 Å². The van der Waals surface area contributed by atoms with E-state index in [4.69, 9.17) is 0 Å². The van der Waals surface area contributed by atoms with E-state index in [-0.39, 0.29) is 29.9 Å². The highest BCUT2D eigenvalue weighted by Crippen LogP contribution is 2.15. The maximum absolute atomic E-state index is 11.9. The predicted molar refractivity (Wildman–Crippen MR) is 140 cm³/mol. The van der Waals surface area contributed by atoms with Crippen LogP contribution in [-0.2, 0) is 24.4 Å². The first-order valence-corrected chi connectivity index (χ1v) is 11.3. The van der Waals surface area contributed by atoms with Crippen LogP contribution in [0.2, 0.25) is 0 Å². The lowest BCUT2D eigenvalue weighted by Gasteiger charge is -2.36. The van der Waals surface area contributed by atoms with Crippen LogP contribution < -0.4 is 5.32 Å². The Balaban J connectivity index is 0.00000289. The molecule has 0 atom stereocenters. The van der Waals surface area contributed by atoms with Crippen LogP contribution in [0.5, 0.6) is 0 Å². The second-order valence-electron chi connectivity index (χ2n) is 8.39. The number of rotatable bonds is 6. The van der Waals surface area contributed by atoms with Gasteiger partial charge in [-0.3, -0.25) is 14.7 Å². The van der Waals surface area contributed by atoms with Gasteiger partial charge >= 0.3 is 0 Å². The van der Waals surface area contributed by atoms with E-state index in [1.807, 2.05) is 11.9 Å². The number of benzene rings is 2. The zero-order chi connectivity index (χ0) is 21.5. The topological polar surface area (TPSA) is 51.2 Å². The fraction of sp³-hybridized carbons (Fsp3) is 0.440. The number of nitrogens with zero attached hydrogens (tertiary/aromatic N) is 4. The van der Waals surface area contributed by atoms with Gasteiger partial charge < -0.3 is 15.1 Å². The molecule has 2 fully saturated rings. The van der Waals surface area contributed by atoms with Crippen molar-refractivity contribution >= 4 is 35.8 Å². The van der Waals surface area contributed by atoms with Crippen LogP contribution in [0.3, 0.4) is 0 Å². The fourth-order valence-electron chi connectivity index (χ4n) is 4.40. The maximum atomic E-state index is 11.9. The predicted octanol–water partition coefficient (Wildman–Crippen LogP) is 3.32. The molecular weight excluding hydrogens is 513 g/mol. The zero-order valence-corrected chi connectivity index (χ0v) is 21.2. The smallest absolute Gasteiger partial charge is 0.222 e. The lowest BCUT2D eigenvalue weighted by Crippen LogP contribution is -2.52. The number of carbonyl (C=O) groups excluding carboxylic acids is 1. The highest BCUT2D eigenvalue weighted by molar-refractivity contribution is 14.0. The first kappa shape index (κ1) is 24.5. The van der Waals surface area contributed by atoms with Gasteiger partial charge in [-0.05, 0) is 23.1 Å². The Kier molecular flexibility index (Phi) is 9.35. The Morgan fingerprint density at radius 2 is 1.62 bits per heavy atom. The highest BCUT2D eigenvalue weighted by Gasteiger charge is 2.21. The van der Waals surface area contributed by atoms with Gasteiger partial charge in [0.1, 0.15) is 0 Å². The summed E-state index contributed by atoms with van der Waals surface area (Å²) < 4.78 is 0. The summed E-state index contributed by atoms with van der Waals surface area (Å²) in [4.78, 5) is 23.2. The molecule has 6 nitrogen and oxygen atoms in total. The molecule has 0 aromatic heterocycles. The Hall–Kier alpha value is -2.13. The molecule has 1 amide bonds. The third-order valence-electron chi connectivity index (χ3n) is 6.12. The van der Waals surface area contributed by atoms with Gasteiger partial charge in [0, 0.05) is 65.8 Å². The molecule has 0 saturated carbocycles. The van der Waals surface area contributed by atoms with Gasteiger partial charge in [-0.25, -0.2) is 0 Å². The first-order valence-electron chi connectivity index (χ1n) is 11.3. The van der Waals surface area contributed by atoms with E-state index in [0.29, 0.717) is 13.0 Å². The van der Waals surface area contributed by atoms with Crippen LogP contribution in [-0.4, -0.2) is 66.3 Å². The third-order valence-corrected chi connectivity index (χ3v) is 6.12. The minimum absolute atomic E-state index is 0. The molecule has 2 heterocycles. The van der Waals surface area contributed by atoms with E-state index in [2.05, 4.69) is 74.7 Å². The number of guanidine groups is 1. The van der Waals surface area contributed by atoms with E-state index < -0.39 is 0 Å². The van der Waals surface area contributed by atoms with Crippen molar-refractivity contribution < 1.29 is 4.79 Å². The number of aliphatic imine (C=N–C) groups is 1. The molecule has 2 aliphatic heterocycles. The lowest BCUT2D eigenvalue weighted by atomic mass is 10.1. The zero-order valence-electron chi connectivity index (χ0n) is 18.9. The summed E-state index contributed by atoms with van der Waals surface area (Å²) in [5, 5.41) is 3.53. The van der Waals surface area contributed by atoms with Gasteiger partial charge in [0.15, 0.2) is 5.96 Å². The summed E-state index contributed by atoms with van der Waals surface area (Å²) in [6, 6.07) is 19.2. The Morgan fingerprint density at radius 3 is 2.31 bits per heavy atom. The minimum atomic E-state index is 0. The summed E-state index contributed by atoms with van der Waals surface area (Å²) in [6.07, 6.45) is 1.67. The summed E-state index contributed by atoms with van der Waals surface area (Å²) in [5.41, 5.74) is 3.78. The molecule has 2 saturated heterocycles. The molecule has 0 aliphatic carbocycles. The number of amides is 1. The Morgan fingerprint density at radius 1 is 0.906 bits per heavy atom. The maximum Gasteiger partial charge on any atom is 0.222 e. The van der Waals surface area contributed by atoms with E-state index in [1.54, 1.807) is 0 Å². The van der Waals surface area contributed by atoms with Crippen molar-refractivity contribution in [2.24, 2.45) is 4.99 Å². The van der Waals surface area contributed by atoms with Crippen molar-refractivity contribution in [3.8, 4) is 0 Å². The van der Waals surface area contributed by atoms with E-state index >= 15 is 0 Å². The average molecular weight is 547 g/mol. The van der Waals surface area contributed by atoms with E-state index in [1.165, 1.54) is 16.7 Å². The van der Waals surface area contributed by atoms with Gasteiger partial charge in [-0.2, -0.15) is 0 Å². The molecule has 172 valence electrons. The van der Waals surface area contributed by atoms with Crippen LogP contribution in [0.15, 0.2) is 59.6 Å². The van der Waals surface area contributed by atoms with Crippen LogP contribution in [0.25, 0.3) is 0 Å². The first-order chi connectivity index (χ1) is 15.2. The van der Waals surface area contributed by atoms with Crippen LogP contribution in [0.1, 0.15) is 29.5 Å². The number of hydrogen-bond donors (Lipinski definition) is 1. The Bertz CT molecular complexity index is 896. The summed E-state index contributed by atoms with van der Waals surface area (Å²) >= 11 is 0. The van der Waals surface area contributed by atoms with Gasteiger partial charge in [0.05, 0.1) is 0 Å². The molecule has 0 spiro atoms. The number of piperazine rings is 1. The fourth-order valence-corrected chi connectivity index (χ4v) is 4.40. The summed E-state index contributed by atoms with van der Waals surface area (Å²) in [6.45, 7) is 7.36. The third kappa shape index (κ3) is 6.68. The van der Waals surface area contributed by atoms with Crippen molar-refractivity contribution in [2.45, 2.75) is 32.5 Å². The average Bonchev–Trinajstić information content (AvgIpc) is 3.20. The van der Waals surface area contributed by atoms with Crippen molar-refractivity contribution in [1.29, 1.82) is 0 Å². The second-order valence-corrected chi connectivity index (χ2v) is 8.39. The number of hydrogen-bond acceptors (Lipinski definition) is 3. The standard InChI is InChI=1S/C25H33N5O.HI/c1-26-25(29-15-13-28(14-16-29)19-21-7-3-2-4-8-21)27-18-22-9-5-10-23(17-22)20-30-12-6-11-24(30)31;/h2-5,7-10,17H,6,11-16,18-20H2,1H3,(H,26,27);1H. The molecule has 1 N–H and O–H groups in total. The molecule has 2 aromatic rings. The SMILES string of the molecule is CN=C(NCc1cccc(CN2CCCC2=O)c1)N1CCN(Cc2ccccc2)CC1.I. The van der Waals surface area contributed by atoms with Gasteiger partial charge in [0.2, 0.25) is 5.91 Å². The molecule has 0 bridgehead atoms. The number of nitrogens with one attached hydrogen (secondary N) is 1. The van der Waals surface area contributed by atoms with E-state index in [0.717, 1.165) is 58.2 Å². The number of halogens is 1. The monoisotopic (exact) mass is 547 g/mol. The summed E-state index contributed by atoms with van der Waals surface area (Å²) in [7, 11) is 1.86. The van der Waals surface area contributed by atoms with Gasteiger partial charge in [0.25, 0.3) is 0 Å². The van der Waals surface area contributed by atoms with Crippen LogP contribution in [0, 0.1) is 0 Å². The number of carbonyl (C=O) groups is 1. The molecule has 2 aliphatic rings. The van der Waals surface area contributed by atoms with Gasteiger partial charge in [-0.1, -0.05) is 54.6 Å². The van der Waals surface area contributed by atoms with Crippen LogP contribution >= 0.6 is 24.0 Å². The van der Waals surface area contributed by atoms with Crippen molar-refractivity contribution in [3.63, 3.8) is 0 Å². The largest absolute Gasteiger partial charge is 0.352 e. The van der Waals surface area contributed by atoms with Crippen molar-refractivity contribution in [2.75, 3.05) is 39.8 Å². The number of likely N-dealkylation sites (tertiary alicyclic amines) is 1. The second kappa shape index (κ2) is 12.2.